The number of aryl methyl sites for hydroxylation is 1. The number of pyridine rings is 1. The first kappa shape index (κ1) is 29.3. The summed E-state index contributed by atoms with van der Waals surface area (Å²) in [6.45, 7) is 11.3. The quantitative estimate of drug-likeness (QED) is 0.286. The highest BCUT2D eigenvalue weighted by Gasteiger charge is 2.58. The summed E-state index contributed by atoms with van der Waals surface area (Å²) in [7, 11) is 6.88. The fraction of sp³-hybridized carbons (Fsp3) is 0.774. The Morgan fingerprint density at radius 2 is 1.89 bits per heavy atom. The zero-order valence-corrected chi connectivity index (χ0v) is 25.0. The molecule has 1 aromatic rings. The maximum atomic E-state index is 13.7. The molecule has 214 valence electrons. The fourth-order valence-corrected chi connectivity index (χ4v) is 7.05. The molecule has 0 radical (unpaired) electrons. The van der Waals surface area contributed by atoms with Crippen LogP contribution < -0.4 is 10.3 Å². The number of methoxy groups -OCH3 is 3. The number of aromatic nitrogens is 1. The summed E-state index contributed by atoms with van der Waals surface area (Å²) >= 11 is 0. The van der Waals surface area contributed by atoms with Crippen molar-refractivity contribution in [3.8, 4) is 5.75 Å². The highest BCUT2D eigenvalue weighted by atomic mass is 16.7. The van der Waals surface area contributed by atoms with Gasteiger partial charge in [0.15, 0.2) is 5.79 Å². The third-order valence-electron chi connectivity index (χ3n) is 9.58. The summed E-state index contributed by atoms with van der Waals surface area (Å²) in [4.78, 5) is 13.7. The van der Waals surface area contributed by atoms with Gasteiger partial charge in [0.25, 0.3) is 5.56 Å². The van der Waals surface area contributed by atoms with Crippen LogP contribution in [0.25, 0.3) is 0 Å². The lowest BCUT2D eigenvalue weighted by atomic mass is 9.76. The van der Waals surface area contributed by atoms with Crippen LogP contribution in [-0.2, 0) is 31.6 Å². The maximum absolute atomic E-state index is 13.7. The van der Waals surface area contributed by atoms with Crippen LogP contribution in [0.5, 0.6) is 5.75 Å². The van der Waals surface area contributed by atoms with Gasteiger partial charge in [-0.2, -0.15) is 0 Å². The lowest BCUT2D eigenvalue weighted by Crippen LogP contribution is -2.53. The Morgan fingerprint density at radius 1 is 1.18 bits per heavy atom. The Bertz CT molecular complexity index is 1070. The first-order chi connectivity index (χ1) is 18.0. The molecule has 7 nitrogen and oxygen atoms in total. The first-order valence-electron chi connectivity index (χ1n) is 14.4. The predicted molar refractivity (Wildman–Crippen MR) is 148 cm³/mol. The van der Waals surface area contributed by atoms with Gasteiger partial charge in [0.2, 0.25) is 0 Å². The van der Waals surface area contributed by atoms with E-state index in [1.165, 1.54) is 18.4 Å². The summed E-state index contributed by atoms with van der Waals surface area (Å²) in [6.07, 6.45) is 9.58. The van der Waals surface area contributed by atoms with Gasteiger partial charge < -0.3 is 28.3 Å². The van der Waals surface area contributed by atoms with Crippen molar-refractivity contribution in [1.29, 1.82) is 0 Å². The third-order valence-corrected chi connectivity index (χ3v) is 9.58. The molecule has 1 aliphatic carbocycles. The second-order valence-electron chi connectivity index (χ2n) is 12.2. The summed E-state index contributed by atoms with van der Waals surface area (Å²) in [5.41, 5.74) is 2.09. The smallest absolute Gasteiger partial charge is 0.259 e. The Balaban J connectivity index is 1.68. The summed E-state index contributed by atoms with van der Waals surface area (Å²) in [6, 6.07) is 0. The lowest BCUT2D eigenvalue weighted by Gasteiger charge is -2.45. The molecule has 7 atom stereocenters. The van der Waals surface area contributed by atoms with Crippen molar-refractivity contribution in [2.45, 2.75) is 109 Å². The van der Waals surface area contributed by atoms with E-state index in [0.717, 1.165) is 18.4 Å². The van der Waals surface area contributed by atoms with Crippen molar-refractivity contribution < 1.29 is 23.7 Å². The van der Waals surface area contributed by atoms with Crippen LogP contribution in [0.2, 0.25) is 0 Å². The molecule has 1 saturated carbocycles. The zero-order valence-electron chi connectivity index (χ0n) is 25.0. The summed E-state index contributed by atoms with van der Waals surface area (Å²) < 4.78 is 32.9. The van der Waals surface area contributed by atoms with E-state index in [9.17, 15) is 4.79 Å². The molecule has 3 aliphatic rings. The van der Waals surface area contributed by atoms with Crippen LogP contribution in [-0.4, -0.2) is 43.9 Å². The molecule has 7 heteroatoms. The minimum atomic E-state index is -0.729. The molecule has 2 aliphatic heterocycles. The highest BCUT2D eigenvalue weighted by molar-refractivity contribution is 5.49. The van der Waals surface area contributed by atoms with Crippen molar-refractivity contribution in [3.63, 3.8) is 0 Å². The average molecular weight is 532 g/mol. The van der Waals surface area contributed by atoms with Crippen LogP contribution in [0.15, 0.2) is 22.6 Å². The number of hydrogen-bond acceptors (Lipinski definition) is 6. The van der Waals surface area contributed by atoms with Gasteiger partial charge in [0.05, 0.1) is 17.8 Å². The fourth-order valence-electron chi connectivity index (χ4n) is 7.05. The highest BCUT2D eigenvalue weighted by Crippen LogP contribution is 2.55. The van der Waals surface area contributed by atoms with Gasteiger partial charge in [0.1, 0.15) is 17.5 Å². The molecule has 38 heavy (non-hydrogen) atoms. The second-order valence-corrected chi connectivity index (χ2v) is 12.2. The molecule has 1 aromatic heterocycles. The van der Waals surface area contributed by atoms with Crippen molar-refractivity contribution in [1.82, 2.24) is 4.57 Å². The minimum absolute atomic E-state index is 0.0246. The van der Waals surface area contributed by atoms with Crippen LogP contribution >= 0.6 is 0 Å². The van der Waals surface area contributed by atoms with Crippen LogP contribution in [0.1, 0.15) is 96.8 Å². The Hall–Kier alpha value is -1.67. The van der Waals surface area contributed by atoms with E-state index < -0.39 is 11.4 Å². The molecule has 2 fully saturated rings. The number of rotatable bonds is 9. The molecule has 1 saturated heterocycles. The Labute approximate surface area is 228 Å². The number of ether oxygens (including phenoxy) is 5. The predicted octanol–water partition coefficient (Wildman–Crippen LogP) is 6.04. The lowest BCUT2D eigenvalue weighted by molar-refractivity contribution is -0.263. The van der Waals surface area contributed by atoms with Gasteiger partial charge in [-0.1, -0.05) is 40.2 Å². The number of hydrogen-bond donors (Lipinski definition) is 0. The second kappa shape index (κ2) is 11.4. The SMILES string of the molecule is CCC(C)CC(C)/C=C(\C)[C@@H]1O[C@H](c2c3c(cn(C)c2=O)[C@@]2(OC)CCC(OC)(OC)C[C@H]2O3)CC[C@H]1C. The van der Waals surface area contributed by atoms with E-state index >= 15 is 0 Å². The number of nitrogens with zero attached hydrogens (tertiary/aromatic N) is 1. The van der Waals surface area contributed by atoms with Crippen LogP contribution in [0, 0.1) is 17.8 Å². The summed E-state index contributed by atoms with van der Waals surface area (Å²) in [5.74, 6) is 1.48. The summed E-state index contributed by atoms with van der Waals surface area (Å²) in [5, 5.41) is 0. The van der Waals surface area contributed by atoms with E-state index in [4.69, 9.17) is 23.7 Å². The monoisotopic (exact) mass is 531 g/mol. The largest absolute Gasteiger partial charge is 0.486 e. The van der Waals surface area contributed by atoms with E-state index in [-0.39, 0.29) is 23.9 Å². The maximum Gasteiger partial charge on any atom is 0.259 e. The molecule has 0 aromatic carbocycles. The van der Waals surface area contributed by atoms with Gasteiger partial charge in [-0.25, -0.2) is 0 Å². The van der Waals surface area contributed by atoms with Crippen molar-refractivity contribution >= 4 is 0 Å². The first-order valence-corrected chi connectivity index (χ1v) is 14.4. The molecule has 0 bridgehead atoms. The molecule has 0 amide bonds. The number of allylic oxidation sites excluding steroid dienone is 1. The average Bonchev–Trinajstić information content (AvgIpc) is 3.22. The topological polar surface area (TPSA) is 68.2 Å². The normalized spacial score (nSPS) is 32.3. The molecule has 2 unspecified atom stereocenters. The van der Waals surface area contributed by atoms with E-state index in [2.05, 4.69) is 40.7 Å². The molecular formula is C31H49NO6. The molecule has 3 heterocycles. The Morgan fingerprint density at radius 3 is 2.53 bits per heavy atom. The van der Waals surface area contributed by atoms with E-state index in [1.807, 2.05) is 13.2 Å². The van der Waals surface area contributed by atoms with Gasteiger partial charge in [-0.15, -0.1) is 0 Å². The molecule has 0 N–H and O–H groups in total. The molecular weight excluding hydrogens is 482 g/mol. The molecule has 4 rings (SSSR count). The van der Waals surface area contributed by atoms with Crippen molar-refractivity contribution in [3.05, 3.63) is 39.3 Å². The van der Waals surface area contributed by atoms with Gasteiger partial charge in [-0.05, 0) is 55.9 Å². The van der Waals surface area contributed by atoms with E-state index in [1.54, 1.807) is 25.9 Å². The van der Waals surface area contributed by atoms with E-state index in [0.29, 0.717) is 48.3 Å². The third kappa shape index (κ3) is 5.12. The van der Waals surface area contributed by atoms with Gasteiger partial charge in [-0.3, -0.25) is 4.79 Å². The van der Waals surface area contributed by atoms with Gasteiger partial charge in [0, 0.05) is 53.0 Å². The van der Waals surface area contributed by atoms with Crippen LogP contribution in [0.3, 0.4) is 0 Å². The zero-order chi connectivity index (χ0) is 27.8. The standard InChI is InChI=1S/C31H49NO6/c1-10-19(2)15-20(3)16-22(5)27-21(4)11-12-24(37-27)26-28-23(18-32(6)29(26)33)31(36-9)14-13-30(34-7,35-8)17-25(31)38-28/h16,18-21,24-25,27H,10-15,17H2,1-9H3/b22-16+/t19?,20?,21-,24+,25-,27-,31+/m1/s1. The minimum Gasteiger partial charge on any atom is -0.486 e. The van der Waals surface area contributed by atoms with Crippen molar-refractivity contribution in [2.24, 2.45) is 24.8 Å². The van der Waals surface area contributed by atoms with Crippen LogP contribution in [0.4, 0.5) is 0 Å². The Kier molecular flexibility index (Phi) is 8.83. The molecule has 0 spiro atoms. The van der Waals surface area contributed by atoms with Crippen molar-refractivity contribution in [2.75, 3.05) is 21.3 Å². The van der Waals surface area contributed by atoms with Gasteiger partial charge >= 0.3 is 0 Å². The number of fused-ring (bicyclic) bond motifs is 3.